The summed E-state index contributed by atoms with van der Waals surface area (Å²) in [4.78, 5) is 23.0. The van der Waals surface area contributed by atoms with Crippen LogP contribution in [0.25, 0.3) is 0 Å². The number of hydrogen-bond acceptors (Lipinski definition) is 3. The predicted octanol–water partition coefficient (Wildman–Crippen LogP) is 1.09. The van der Waals surface area contributed by atoms with E-state index in [2.05, 4.69) is 5.32 Å². The van der Waals surface area contributed by atoms with Crippen molar-refractivity contribution >= 4 is 11.8 Å². The van der Waals surface area contributed by atoms with Gasteiger partial charge >= 0.3 is 0 Å². The molecule has 0 aromatic heterocycles. The van der Waals surface area contributed by atoms with E-state index < -0.39 is 5.54 Å². The van der Waals surface area contributed by atoms with Crippen molar-refractivity contribution < 1.29 is 9.59 Å². The van der Waals surface area contributed by atoms with Crippen LogP contribution in [0.4, 0.5) is 0 Å². The number of imide groups is 1. The predicted molar refractivity (Wildman–Crippen MR) is 58.1 cm³/mol. The lowest BCUT2D eigenvalue weighted by atomic mass is 9.98. The molecule has 1 aliphatic rings. The van der Waals surface area contributed by atoms with Gasteiger partial charge in [-0.15, -0.1) is 0 Å². The summed E-state index contributed by atoms with van der Waals surface area (Å²) in [7, 11) is 0. The lowest BCUT2D eigenvalue weighted by Gasteiger charge is -2.21. The van der Waals surface area contributed by atoms with Crippen LogP contribution in [-0.4, -0.2) is 17.4 Å². The van der Waals surface area contributed by atoms with Crippen LogP contribution in [0.2, 0.25) is 0 Å². The molecular formula is C11H20N2O2. The number of rotatable bonds is 4. The summed E-state index contributed by atoms with van der Waals surface area (Å²) in [5.74, 6) is -0.486. The molecule has 4 nitrogen and oxygen atoms in total. The Morgan fingerprint density at radius 3 is 2.47 bits per heavy atom. The third-order valence-electron chi connectivity index (χ3n) is 2.96. The van der Waals surface area contributed by atoms with Crippen LogP contribution in [0.15, 0.2) is 0 Å². The fraction of sp³-hybridized carbons (Fsp3) is 0.818. The molecule has 0 aromatic rings. The van der Waals surface area contributed by atoms with Crippen LogP contribution in [0, 0.1) is 0 Å². The summed E-state index contributed by atoms with van der Waals surface area (Å²) in [6.45, 7) is 2.01. The monoisotopic (exact) mass is 212 g/mol. The molecule has 3 N–H and O–H groups in total. The van der Waals surface area contributed by atoms with E-state index in [1.807, 2.05) is 6.92 Å². The Morgan fingerprint density at radius 1 is 1.33 bits per heavy atom. The molecule has 1 saturated carbocycles. The third kappa shape index (κ3) is 3.30. The van der Waals surface area contributed by atoms with Crippen molar-refractivity contribution in [1.82, 2.24) is 5.32 Å². The summed E-state index contributed by atoms with van der Waals surface area (Å²) in [5, 5.41) is 2.39. The van der Waals surface area contributed by atoms with E-state index in [0.717, 1.165) is 25.7 Å². The lowest BCUT2D eigenvalue weighted by Crippen LogP contribution is -2.53. The van der Waals surface area contributed by atoms with Gasteiger partial charge in [-0.1, -0.05) is 26.2 Å². The topological polar surface area (TPSA) is 72.2 Å². The Bertz CT molecular complexity index is 245. The van der Waals surface area contributed by atoms with Gasteiger partial charge in [0, 0.05) is 6.42 Å². The zero-order valence-electron chi connectivity index (χ0n) is 9.34. The van der Waals surface area contributed by atoms with Gasteiger partial charge in [0.1, 0.15) is 0 Å². The van der Waals surface area contributed by atoms with Gasteiger partial charge in [0.25, 0.3) is 0 Å². The Kier molecular flexibility index (Phi) is 4.27. The Balaban J connectivity index is 2.37. The summed E-state index contributed by atoms with van der Waals surface area (Å²) in [6, 6.07) is 0. The van der Waals surface area contributed by atoms with E-state index in [0.29, 0.717) is 19.3 Å². The van der Waals surface area contributed by atoms with Crippen LogP contribution in [0.3, 0.4) is 0 Å². The van der Waals surface area contributed by atoms with Crippen LogP contribution >= 0.6 is 0 Å². The number of amides is 2. The first-order chi connectivity index (χ1) is 7.08. The maximum absolute atomic E-state index is 11.7. The molecular weight excluding hydrogens is 192 g/mol. The number of nitrogens with one attached hydrogen (secondary N) is 1. The Labute approximate surface area is 90.6 Å². The van der Waals surface area contributed by atoms with Gasteiger partial charge in [-0.05, 0) is 19.3 Å². The second-order valence-electron chi connectivity index (χ2n) is 4.34. The first-order valence-corrected chi connectivity index (χ1v) is 5.71. The van der Waals surface area contributed by atoms with Crippen LogP contribution < -0.4 is 11.1 Å². The molecule has 1 fully saturated rings. The van der Waals surface area contributed by atoms with E-state index in [1.54, 1.807) is 0 Å². The van der Waals surface area contributed by atoms with Crippen molar-refractivity contribution in [3.8, 4) is 0 Å². The van der Waals surface area contributed by atoms with Crippen molar-refractivity contribution in [1.29, 1.82) is 0 Å². The van der Waals surface area contributed by atoms with E-state index >= 15 is 0 Å². The van der Waals surface area contributed by atoms with Crippen LogP contribution in [0.5, 0.6) is 0 Å². The molecule has 86 valence electrons. The second kappa shape index (κ2) is 5.26. The molecule has 0 bridgehead atoms. The van der Waals surface area contributed by atoms with E-state index in [1.165, 1.54) is 0 Å². The highest BCUT2D eigenvalue weighted by atomic mass is 16.2. The molecule has 4 heteroatoms. The number of hydrogen-bond donors (Lipinski definition) is 2. The van der Waals surface area contributed by atoms with Gasteiger partial charge in [-0.3, -0.25) is 14.9 Å². The normalized spacial score (nSPS) is 18.8. The van der Waals surface area contributed by atoms with Gasteiger partial charge in [0.15, 0.2) is 0 Å². The molecule has 0 unspecified atom stereocenters. The van der Waals surface area contributed by atoms with E-state index in [4.69, 9.17) is 5.73 Å². The molecule has 0 heterocycles. The SMILES string of the molecule is CCCCC(=O)NC(=O)C1(N)CCCC1. The summed E-state index contributed by atoms with van der Waals surface area (Å²) >= 11 is 0. The Hall–Kier alpha value is -0.900. The maximum Gasteiger partial charge on any atom is 0.246 e. The molecule has 0 saturated heterocycles. The van der Waals surface area contributed by atoms with Gasteiger partial charge in [-0.25, -0.2) is 0 Å². The lowest BCUT2D eigenvalue weighted by molar-refractivity contribution is -0.133. The van der Waals surface area contributed by atoms with Crippen molar-refractivity contribution in [2.45, 2.75) is 57.4 Å². The molecule has 15 heavy (non-hydrogen) atoms. The minimum atomic E-state index is -0.790. The molecule has 1 aliphatic carbocycles. The van der Waals surface area contributed by atoms with Gasteiger partial charge < -0.3 is 5.73 Å². The largest absolute Gasteiger partial charge is 0.317 e. The number of nitrogens with two attached hydrogens (primary N) is 1. The average molecular weight is 212 g/mol. The van der Waals surface area contributed by atoms with Crippen LogP contribution in [-0.2, 0) is 9.59 Å². The minimum absolute atomic E-state index is 0.196. The summed E-state index contributed by atoms with van der Waals surface area (Å²) in [6.07, 6.45) is 5.53. The smallest absolute Gasteiger partial charge is 0.246 e. The molecule has 0 aromatic carbocycles. The molecule has 0 spiro atoms. The number of carbonyl (C=O) groups is 2. The Morgan fingerprint density at radius 2 is 1.93 bits per heavy atom. The summed E-state index contributed by atoms with van der Waals surface area (Å²) in [5.41, 5.74) is 5.13. The zero-order chi connectivity index (χ0) is 11.3. The highest BCUT2D eigenvalue weighted by molar-refractivity contribution is 5.99. The first-order valence-electron chi connectivity index (χ1n) is 5.71. The van der Waals surface area contributed by atoms with Crippen molar-refractivity contribution in [2.24, 2.45) is 5.73 Å². The molecule has 2 amide bonds. The fourth-order valence-electron chi connectivity index (χ4n) is 1.88. The van der Waals surface area contributed by atoms with Crippen molar-refractivity contribution in [2.75, 3.05) is 0 Å². The van der Waals surface area contributed by atoms with Crippen LogP contribution in [0.1, 0.15) is 51.9 Å². The van der Waals surface area contributed by atoms with Crippen molar-refractivity contribution in [3.63, 3.8) is 0 Å². The maximum atomic E-state index is 11.7. The second-order valence-corrected chi connectivity index (χ2v) is 4.34. The molecule has 0 aliphatic heterocycles. The highest BCUT2D eigenvalue weighted by Crippen LogP contribution is 2.27. The highest BCUT2D eigenvalue weighted by Gasteiger charge is 2.37. The third-order valence-corrected chi connectivity index (χ3v) is 2.96. The fourth-order valence-corrected chi connectivity index (χ4v) is 1.88. The van der Waals surface area contributed by atoms with Gasteiger partial charge in [0.2, 0.25) is 11.8 Å². The number of carbonyl (C=O) groups excluding carboxylic acids is 2. The molecule has 0 atom stereocenters. The summed E-state index contributed by atoms with van der Waals surface area (Å²) < 4.78 is 0. The zero-order valence-corrected chi connectivity index (χ0v) is 9.34. The molecule has 1 rings (SSSR count). The van der Waals surface area contributed by atoms with Gasteiger partial charge in [-0.2, -0.15) is 0 Å². The van der Waals surface area contributed by atoms with Gasteiger partial charge in [0.05, 0.1) is 5.54 Å². The average Bonchev–Trinajstić information content (AvgIpc) is 2.63. The quantitative estimate of drug-likeness (QED) is 0.732. The van der Waals surface area contributed by atoms with E-state index in [9.17, 15) is 9.59 Å². The minimum Gasteiger partial charge on any atom is -0.317 e. The number of unbranched alkanes of at least 4 members (excludes halogenated alkanes) is 1. The standard InChI is InChI=1S/C11H20N2O2/c1-2-3-6-9(14)13-10(15)11(12)7-4-5-8-11/h2-8,12H2,1H3,(H,13,14,15). The first kappa shape index (κ1) is 12.2. The van der Waals surface area contributed by atoms with E-state index in [-0.39, 0.29) is 11.8 Å². The molecule has 0 radical (unpaired) electrons. The van der Waals surface area contributed by atoms with Crippen molar-refractivity contribution in [3.05, 3.63) is 0 Å².